The van der Waals surface area contributed by atoms with E-state index in [2.05, 4.69) is 10.3 Å². The fourth-order valence-electron chi connectivity index (χ4n) is 3.85. The first-order valence-electron chi connectivity index (χ1n) is 11.8. The van der Waals surface area contributed by atoms with E-state index in [-0.39, 0.29) is 16.5 Å². The van der Waals surface area contributed by atoms with E-state index in [9.17, 15) is 18.0 Å². The second-order valence-corrected chi connectivity index (χ2v) is 10.4. The van der Waals surface area contributed by atoms with Crippen LogP contribution in [0.1, 0.15) is 68.4 Å². The van der Waals surface area contributed by atoms with Crippen LogP contribution in [0.3, 0.4) is 0 Å². The minimum Gasteiger partial charge on any atom is -0.345 e. The number of sulfonamides is 1. The first-order valence-corrected chi connectivity index (χ1v) is 13.2. The van der Waals surface area contributed by atoms with Crippen molar-refractivity contribution in [3.05, 3.63) is 76.1 Å². The Morgan fingerprint density at radius 2 is 1.65 bits per heavy atom. The van der Waals surface area contributed by atoms with E-state index in [0.29, 0.717) is 24.0 Å². The van der Waals surface area contributed by atoms with Crippen molar-refractivity contribution in [1.29, 1.82) is 0 Å². The number of rotatable bonds is 11. The number of H-pyrrole nitrogens is 1. The first kappa shape index (κ1) is 25.6. The number of carbonyl (C=O) groups is 1. The second-order valence-electron chi connectivity index (χ2n) is 8.47. The Balaban J connectivity index is 2.00. The summed E-state index contributed by atoms with van der Waals surface area (Å²) >= 11 is 0. The zero-order valence-corrected chi connectivity index (χ0v) is 20.8. The summed E-state index contributed by atoms with van der Waals surface area (Å²) in [6.07, 6.45) is 3.33. The average Bonchev–Trinajstić information content (AvgIpc) is 2.83. The number of carbonyl (C=O) groups excluding carboxylic acids is 1. The van der Waals surface area contributed by atoms with Gasteiger partial charge in [-0.05, 0) is 43.5 Å². The quantitative estimate of drug-likeness (QED) is 0.416. The molecule has 0 spiro atoms. The van der Waals surface area contributed by atoms with Gasteiger partial charge in [-0.25, -0.2) is 8.42 Å². The Morgan fingerprint density at radius 3 is 2.26 bits per heavy atom. The van der Waals surface area contributed by atoms with Gasteiger partial charge >= 0.3 is 0 Å². The number of nitrogens with zero attached hydrogens (tertiary/aromatic N) is 1. The number of hydrogen-bond acceptors (Lipinski definition) is 4. The van der Waals surface area contributed by atoms with Gasteiger partial charge in [0.15, 0.2) is 0 Å². The number of aromatic nitrogens is 1. The molecule has 2 aromatic carbocycles. The molecule has 0 aliphatic rings. The Hall–Kier alpha value is -2.97. The molecule has 1 amide bonds. The van der Waals surface area contributed by atoms with Crippen molar-refractivity contribution < 1.29 is 13.2 Å². The number of hydrogen-bond donors (Lipinski definition) is 2. The molecule has 34 heavy (non-hydrogen) atoms. The predicted octanol–water partition coefficient (Wildman–Crippen LogP) is 4.61. The minimum absolute atomic E-state index is 0.115. The molecule has 7 nitrogen and oxygen atoms in total. The molecular formula is C26H33N3O4S. The number of aromatic amines is 1. The summed E-state index contributed by atoms with van der Waals surface area (Å²) in [4.78, 5) is 28.2. The molecular weight excluding hydrogens is 450 g/mol. The van der Waals surface area contributed by atoms with E-state index >= 15 is 0 Å². The van der Waals surface area contributed by atoms with Gasteiger partial charge in [0.1, 0.15) is 0 Å². The molecule has 1 unspecified atom stereocenters. The molecule has 0 bridgehead atoms. The summed E-state index contributed by atoms with van der Waals surface area (Å²) in [6, 6.07) is 15.0. The molecule has 1 aromatic heterocycles. The molecule has 8 heteroatoms. The van der Waals surface area contributed by atoms with Crippen molar-refractivity contribution in [3.8, 4) is 0 Å². The molecule has 0 saturated heterocycles. The summed E-state index contributed by atoms with van der Waals surface area (Å²) < 4.78 is 28.4. The van der Waals surface area contributed by atoms with E-state index in [1.165, 1.54) is 22.5 Å². The first-order chi connectivity index (χ1) is 16.3. The Labute approximate surface area is 201 Å². The lowest BCUT2D eigenvalue weighted by atomic mass is 10.1. The topological polar surface area (TPSA) is 99.3 Å². The van der Waals surface area contributed by atoms with Crippen LogP contribution in [0.25, 0.3) is 10.9 Å². The van der Waals surface area contributed by atoms with Crippen LogP contribution in [0.5, 0.6) is 0 Å². The molecule has 0 radical (unpaired) electrons. The molecule has 1 heterocycles. The third-order valence-corrected chi connectivity index (χ3v) is 7.76. The lowest BCUT2D eigenvalue weighted by Gasteiger charge is -2.22. The smallest absolute Gasteiger partial charge is 0.252 e. The van der Waals surface area contributed by atoms with Crippen molar-refractivity contribution >= 4 is 26.8 Å². The van der Waals surface area contributed by atoms with Crippen molar-refractivity contribution in [2.24, 2.45) is 0 Å². The fraction of sp³-hybridized carbons (Fsp3) is 0.385. The number of amides is 1. The van der Waals surface area contributed by atoms with Crippen molar-refractivity contribution in [2.75, 3.05) is 13.1 Å². The van der Waals surface area contributed by atoms with Gasteiger partial charge in [0, 0.05) is 30.1 Å². The Bertz CT molecular complexity index is 1280. The molecule has 182 valence electrons. The normalized spacial score (nSPS) is 12.7. The third kappa shape index (κ3) is 5.93. The van der Waals surface area contributed by atoms with E-state index in [1.807, 2.05) is 51.1 Å². The number of fused-ring (bicyclic) bond motifs is 1. The van der Waals surface area contributed by atoms with Gasteiger partial charge in [0.05, 0.1) is 16.5 Å². The Morgan fingerprint density at radius 1 is 1.00 bits per heavy atom. The zero-order valence-electron chi connectivity index (χ0n) is 20.0. The second kappa shape index (κ2) is 11.4. The largest absolute Gasteiger partial charge is 0.345 e. The maximum Gasteiger partial charge on any atom is 0.252 e. The van der Waals surface area contributed by atoms with Gasteiger partial charge in [-0.2, -0.15) is 4.31 Å². The predicted molar refractivity (Wildman–Crippen MR) is 135 cm³/mol. The maximum atomic E-state index is 13.5. The van der Waals surface area contributed by atoms with E-state index in [1.54, 1.807) is 6.07 Å². The average molecular weight is 484 g/mol. The van der Waals surface area contributed by atoms with Gasteiger partial charge in [0.2, 0.25) is 15.6 Å². The molecule has 2 N–H and O–H groups in total. The standard InChI is InChI=1S/C26H33N3O4S/c1-4-6-15-29(16-7-5-2)34(32,33)21-13-14-24-22(17-21)23(18-25(30)28-24)26(31)27-19(3)20-11-9-8-10-12-20/h8-14,17-19H,4-7,15-16H2,1-3H3,(H,27,31)(H,28,30). The van der Waals surface area contributed by atoms with Crippen LogP contribution in [0.4, 0.5) is 0 Å². The van der Waals surface area contributed by atoms with Gasteiger partial charge in [0.25, 0.3) is 5.91 Å². The molecule has 0 aliphatic carbocycles. The van der Waals surface area contributed by atoms with Crippen molar-refractivity contribution in [3.63, 3.8) is 0 Å². The zero-order chi connectivity index (χ0) is 24.7. The summed E-state index contributed by atoms with van der Waals surface area (Å²) in [5, 5.41) is 3.31. The van der Waals surface area contributed by atoms with Crippen LogP contribution >= 0.6 is 0 Å². The SMILES string of the molecule is CCCCN(CCCC)S(=O)(=O)c1ccc2[nH]c(=O)cc(C(=O)NC(C)c3ccccc3)c2c1. The highest BCUT2D eigenvalue weighted by Crippen LogP contribution is 2.24. The molecule has 0 aliphatic heterocycles. The van der Waals surface area contributed by atoms with Crippen molar-refractivity contribution in [2.45, 2.75) is 57.4 Å². The van der Waals surface area contributed by atoms with Crippen LogP contribution in [0.15, 0.2) is 64.3 Å². The number of benzene rings is 2. The minimum atomic E-state index is -3.75. The molecule has 3 aromatic rings. The monoisotopic (exact) mass is 483 g/mol. The van der Waals surface area contributed by atoms with E-state index < -0.39 is 21.5 Å². The molecule has 1 atom stereocenters. The highest BCUT2D eigenvalue weighted by atomic mass is 32.2. The van der Waals surface area contributed by atoms with Gasteiger partial charge in [-0.1, -0.05) is 57.0 Å². The van der Waals surface area contributed by atoms with Gasteiger partial charge in [-0.3, -0.25) is 9.59 Å². The van der Waals surface area contributed by atoms with Crippen LogP contribution in [0.2, 0.25) is 0 Å². The summed E-state index contributed by atoms with van der Waals surface area (Å²) in [6.45, 7) is 6.81. The fourth-order valence-corrected chi connectivity index (χ4v) is 5.39. The van der Waals surface area contributed by atoms with E-state index in [0.717, 1.165) is 31.2 Å². The molecule has 3 rings (SSSR count). The highest BCUT2D eigenvalue weighted by molar-refractivity contribution is 7.89. The highest BCUT2D eigenvalue weighted by Gasteiger charge is 2.25. The van der Waals surface area contributed by atoms with Crippen LogP contribution < -0.4 is 10.9 Å². The number of unbranched alkanes of at least 4 members (excludes halogenated alkanes) is 2. The molecule has 0 fully saturated rings. The lowest BCUT2D eigenvalue weighted by molar-refractivity contribution is 0.0941. The molecule has 0 saturated carbocycles. The summed E-state index contributed by atoms with van der Waals surface area (Å²) in [7, 11) is -3.75. The third-order valence-electron chi connectivity index (χ3n) is 5.87. The van der Waals surface area contributed by atoms with E-state index in [4.69, 9.17) is 0 Å². The number of pyridine rings is 1. The Kier molecular flexibility index (Phi) is 8.63. The van der Waals surface area contributed by atoms with Crippen LogP contribution in [0, 0.1) is 0 Å². The van der Waals surface area contributed by atoms with Gasteiger partial charge in [-0.15, -0.1) is 0 Å². The summed E-state index contributed by atoms with van der Waals surface area (Å²) in [5.41, 5.74) is 1.06. The summed E-state index contributed by atoms with van der Waals surface area (Å²) in [5.74, 6) is -0.434. The maximum absolute atomic E-state index is 13.5. The van der Waals surface area contributed by atoms with Crippen molar-refractivity contribution in [1.82, 2.24) is 14.6 Å². The van der Waals surface area contributed by atoms with Crippen LogP contribution in [-0.2, 0) is 10.0 Å². The number of nitrogens with one attached hydrogen (secondary N) is 2. The van der Waals surface area contributed by atoms with Gasteiger partial charge < -0.3 is 10.3 Å². The lowest BCUT2D eigenvalue weighted by Crippen LogP contribution is -2.33. The van der Waals surface area contributed by atoms with Crippen LogP contribution in [-0.4, -0.2) is 36.7 Å².